The van der Waals surface area contributed by atoms with Crippen molar-refractivity contribution in [2.75, 3.05) is 18.4 Å². The van der Waals surface area contributed by atoms with Gasteiger partial charge in [-0.25, -0.2) is 0 Å². The molecule has 5 heteroatoms. The van der Waals surface area contributed by atoms with Crippen LogP contribution in [0.15, 0.2) is 18.2 Å². The number of phenols is 1. The fourth-order valence-electron chi connectivity index (χ4n) is 1.19. The quantitative estimate of drug-likeness (QED) is 0.547. The van der Waals surface area contributed by atoms with Crippen LogP contribution < -0.4 is 10.6 Å². The topological polar surface area (TPSA) is 61.4 Å². The molecule has 0 bridgehead atoms. The van der Waals surface area contributed by atoms with Crippen LogP contribution in [0, 0.1) is 0 Å². The molecule has 1 rings (SSSR count). The third-order valence-electron chi connectivity index (χ3n) is 2.01. The number of aromatic hydroxyl groups is 1. The first kappa shape index (κ1) is 12.8. The van der Waals surface area contributed by atoms with Crippen LogP contribution in [0.2, 0.25) is 5.02 Å². The van der Waals surface area contributed by atoms with Gasteiger partial charge in [0.05, 0.1) is 5.02 Å². The van der Waals surface area contributed by atoms with Gasteiger partial charge in [0, 0.05) is 18.7 Å². The Bertz CT molecular complexity index is 369. The number of carbonyl (C=O) groups excluding carboxylic acids is 1. The van der Waals surface area contributed by atoms with Crippen LogP contribution in [-0.2, 0) is 4.79 Å². The minimum Gasteiger partial charge on any atom is -0.506 e. The summed E-state index contributed by atoms with van der Waals surface area (Å²) >= 11 is 5.71. The van der Waals surface area contributed by atoms with Crippen molar-refractivity contribution in [3.8, 4) is 5.75 Å². The van der Waals surface area contributed by atoms with Crippen molar-refractivity contribution in [1.82, 2.24) is 5.32 Å². The molecule has 88 valence electrons. The number of nitrogens with one attached hydrogen (secondary N) is 2. The Balaban J connectivity index is 2.46. The molecule has 0 spiro atoms. The summed E-state index contributed by atoms with van der Waals surface area (Å²) in [4.78, 5) is 11.4. The Kier molecular flexibility index (Phi) is 5.08. The Labute approximate surface area is 99.6 Å². The summed E-state index contributed by atoms with van der Waals surface area (Å²) in [5.41, 5.74) is 0.587. The summed E-state index contributed by atoms with van der Waals surface area (Å²) in [5, 5.41) is 15.2. The predicted molar refractivity (Wildman–Crippen MR) is 64.9 cm³/mol. The molecule has 0 saturated carbocycles. The van der Waals surface area contributed by atoms with Gasteiger partial charge in [-0.3, -0.25) is 4.79 Å². The third-order valence-corrected chi connectivity index (χ3v) is 2.31. The highest BCUT2D eigenvalue weighted by molar-refractivity contribution is 6.32. The van der Waals surface area contributed by atoms with Crippen molar-refractivity contribution in [1.29, 1.82) is 0 Å². The minimum atomic E-state index is -0.0808. The maximum absolute atomic E-state index is 11.4. The number of hydrogen-bond acceptors (Lipinski definition) is 3. The first-order chi connectivity index (χ1) is 7.63. The highest BCUT2D eigenvalue weighted by Crippen LogP contribution is 2.25. The van der Waals surface area contributed by atoms with E-state index in [1.54, 1.807) is 6.07 Å². The van der Waals surface area contributed by atoms with E-state index in [-0.39, 0.29) is 16.7 Å². The highest BCUT2D eigenvalue weighted by atomic mass is 35.5. The van der Waals surface area contributed by atoms with Gasteiger partial charge in [-0.15, -0.1) is 0 Å². The SMILES string of the molecule is CCNCCC(=O)Nc1ccc(O)c(Cl)c1. The summed E-state index contributed by atoms with van der Waals surface area (Å²) in [5.74, 6) is -0.0741. The number of amides is 1. The first-order valence-electron chi connectivity index (χ1n) is 5.12. The molecule has 0 aliphatic carbocycles. The van der Waals surface area contributed by atoms with Crippen LogP contribution in [0.25, 0.3) is 0 Å². The van der Waals surface area contributed by atoms with Crippen LogP contribution in [0.1, 0.15) is 13.3 Å². The Morgan fingerprint density at radius 1 is 1.50 bits per heavy atom. The van der Waals surface area contributed by atoms with Gasteiger partial charge < -0.3 is 15.7 Å². The van der Waals surface area contributed by atoms with Crippen molar-refractivity contribution >= 4 is 23.2 Å². The summed E-state index contributed by atoms with van der Waals surface area (Å²) in [6.07, 6.45) is 0.409. The van der Waals surface area contributed by atoms with E-state index in [0.717, 1.165) is 6.54 Å². The van der Waals surface area contributed by atoms with E-state index < -0.39 is 0 Å². The van der Waals surface area contributed by atoms with Crippen LogP contribution in [0.3, 0.4) is 0 Å². The van der Waals surface area contributed by atoms with Crippen molar-refractivity contribution in [2.45, 2.75) is 13.3 Å². The molecule has 1 aromatic rings. The van der Waals surface area contributed by atoms with Crippen LogP contribution in [0.4, 0.5) is 5.69 Å². The smallest absolute Gasteiger partial charge is 0.225 e. The first-order valence-corrected chi connectivity index (χ1v) is 5.50. The van der Waals surface area contributed by atoms with Crippen LogP contribution in [0.5, 0.6) is 5.75 Å². The number of phenolic OH excluding ortho intramolecular Hbond substituents is 1. The molecular weight excluding hydrogens is 228 g/mol. The number of benzene rings is 1. The summed E-state index contributed by atoms with van der Waals surface area (Å²) in [6, 6.07) is 4.57. The van der Waals surface area contributed by atoms with E-state index in [4.69, 9.17) is 11.6 Å². The lowest BCUT2D eigenvalue weighted by molar-refractivity contribution is -0.116. The lowest BCUT2D eigenvalue weighted by atomic mass is 10.3. The molecule has 16 heavy (non-hydrogen) atoms. The molecule has 0 saturated heterocycles. The second-order valence-corrected chi connectivity index (χ2v) is 3.73. The van der Waals surface area contributed by atoms with Gasteiger partial charge in [0.1, 0.15) is 5.75 Å². The van der Waals surface area contributed by atoms with Crippen molar-refractivity contribution in [3.63, 3.8) is 0 Å². The maximum atomic E-state index is 11.4. The van der Waals surface area contributed by atoms with Crippen molar-refractivity contribution in [2.24, 2.45) is 0 Å². The van der Waals surface area contributed by atoms with E-state index in [2.05, 4.69) is 10.6 Å². The summed E-state index contributed by atoms with van der Waals surface area (Å²) in [6.45, 7) is 3.48. The molecule has 0 heterocycles. The van der Waals surface area contributed by atoms with Crippen molar-refractivity contribution < 1.29 is 9.90 Å². The molecule has 0 radical (unpaired) electrons. The fraction of sp³-hybridized carbons (Fsp3) is 0.364. The molecule has 4 nitrogen and oxygen atoms in total. The fourth-order valence-corrected chi connectivity index (χ4v) is 1.37. The van der Waals surface area contributed by atoms with Gasteiger partial charge in [-0.05, 0) is 24.7 Å². The molecule has 0 atom stereocenters. The van der Waals surface area contributed by atoms with E-state index in [0.29, 0.717) is 18.7 Å². The number of rotatable bonds is 5. The van der Waals surface area contributed by atoms with Gasteiger partial charge in [-0.1, -0.05) is 18.5 Å². The monoisotopic (exact) mass is 242 g/mol. The van der Waals surface area contributed by atoms with Gasteiger partial charge in [-0.2, -0.15) is 0 Å². The third kappa shape index (κ3) is 4.08. The Hall–Kier alpha value is -1.26. The second kappa shape index (κ2) is 6.35. The molecule has 0 aromatic heterocycles. The van der Waals surface area contributed by atoms with E-state index in [1.165, 1.54) is 12.1 Å². The minimum absolute atomic E-state index is 0.00677. The normalized spacial score (nSPS) is 10.1. The molecule has 0 aliphatic heterocycles. The maximum Gasteiger partial charge on any atom is 0.225 e. The zero-order valence-electron chi connectivity index (χ0n) is 9.09. The zero-order valence-corrected chi connectivity index (χ0v) is 9.84. The molecule has 1 aromatic carbocycles. The van der Waals surface area contributed by atoms with Gasteiger partial charge >= 0.3 is 0 Å². The summed E-state index contributed by atoms with van der Waals surface area (Å²) in [7, 11) is 0. The van der Waals surface area contributed by atoms with E-state index in [1.807, 2.05) is 6.92 Å². The lowest BCUT2D eigenvalue weighted by Gasteiger charge is -2.06. The average molecular weight is 243 g/mol. The van der Waals surface area contributed by atoms with Crippen LogP contribution >= 0.6 is 11.6 Å². The Morgan fingerprint density at radius 3 is 2.88 bits per heavy atom. The largest absolute Gasteiger partial charge is 0.506 e. The average Bonchev–Trinajstić information content (AvgIpc) is 2.24. The summed E-state index contributed by atoms with van der Waals surface area (Å²) < 4.78 is 0. The number of carbonyl (C=O) groups is 1. The Morgan fingerprint density at radius 2 is 2.25 bits per heavy atom. The lowest BCUT2D eigenvalue weighted by Crippen LogP contribution is -2.21. The highest BCUT2D eigenvalue weighted by Gasteiger charge is 2.04. The molecule has 1 amide bonds. The molecule has 0 fully saturated rings. The van der Waals surface area contributed by atoms with Crippen LogP contribution in [-0.4, -0.2) is 24.1 Å². The van der Waals surface area contributed by atoms with Gasteiger partial charge in [0.15, 0.2) is 0 Å². The van der Waals surface area contributed by atoms with Gasteiger partial charge in [0.2, 0.25) is 5.91 Å². The van der Waals surface area contributed by atoms with E-state index >= 15 is 0 Å². The molecule has 0 aliphatic rings. The predicted octanol–water partition coefficient (Wildman–Crippen LogP) is 1.98. The molecule has 0 unspecified atom stereocenters. The number of halogens is 1. The molecular formula is C11H15ClN2O2. The van der Waals surface area contributed by atoms with Crippen molar-refractivity contribution in [3.05, 3.63) is 23.2 Å². The second-order valence-electron chi connectivity index (χ2n) is 3.32. The number of hydrogen-bond donors (Lipinski definition) is 3. The van der Waals surface area contributed by atoms with E-state index in [9.17, 15) is 9.90 Å². The number of anilines is 1. The van der Waals surface area contributed by atoms with Gasteiger partial charge in [0.25, 0.3) is 0 Å². The molecule has 3 N–H and O–H groups in total. The zero-order chi connectivity index (χ0) is 12.0. The standard InChI is InChI=1S/C11H15ClN2O2/c1-2-13-6-5-11(16)14-8-3-4-10(15)9(12)7-8/h3-4,7,13,15H,2,5-6H2,1H3,(H,14,16).